The largest absolute Gasteiger partial charge is 0.267 e. The third-order valence-electron chi connectivity index (χ3n) is 2.45. The molecule has 0 saturated heterocycles. The molecule has 1 aromatic heterocycles. The Hall–Kier alpha value is -0.500. The topological polar surface area (TPSA) is 17.8 Å². The van der Waals surface area contributed by atoms with Gasteiger partial charge >= 0.3 is 0 Å². The highest BCUT2D eigenvalue weighted by Crippen LogP contribution is 2.32. The molecule has 1 saturated carbocycles. The third-order valence-corrected chi connectivity index (χ3v) is 2.72. The molecule has 13 heavy (non-hydrogen) atoms. The highest BCUT2D eigenvalue weighted by Gasteiger charge is 2.24. The maximum Gasteiger partial charge on any atom is 0.133 e. The fourth-order valence-corrected chi connectivity index (χ4v) is 1.92. The molecular formula is C10H14ClN2. The Labute approximate surface area is 83.9 Å². The zero-order chi connectivity index (χ0) is 9.42. The quantitative estimate of drug-likeness (QED) is 0.729. The maximum atomic E-state index is 6.00. The summed E-state index contributed by atoms with van der Waals surface area (Å²) in [7, 11) is 0. The second-order valence-electron chi connectivity index (χ2n) is 4.09. The van der Waals surface area contributed by atoms with Crippen LogP contribution < -0.4 is 0 Å². The third kappa shape index (κ3) is 1.88. The molecule has 0 aromatic carbocycles. The van der Waals surface area contributed by atoms with Gasteiger partial charge in [-0.25, -0.2) is 0 Å². The molecule has 0 amide bonds. The van der Waals surface area contributed by atoms with Crippen LogP contribution in [0.15, 0.2) is 0 Å². The van der Waals surface area contributed by atoms with Gasteiger partial charge in [0.2, 0.25) is 0 Å². The Morgan fingerprint density at radius 3 is 2.85 bits per heavy atom. The Bertz CT molecular complexity index is 300. The van der Waals surface area contributed by atoms with E-state index in [9.17, 15) is 0 Å². The summed E-state index contributed by atoms with van der Waals surface area (Å²) in [6.45, 7) is 5.30. The SMILES string of the molecule is CC(C)c1c(Cl)[c]nn1CC1CC1. The van der Waals surface area contributed by atoms with Gasteiger partial charge in [0.25, 0.3) is 0 Å². The lowest BCUT2D eigenvalue weighted by Crippen LogP contribution is -2.07. The van der Waals surface area contributed by atoms with Crippen molar-refractivity contribution < 1.29 is 0 Å². The van der Waals surface area contributed by atoms with Gasteiger partial charge in [-0.05, 0) is 24.7 Å². The van der Waals surface area contributed by atoms with E-state index in [-0.39, 0.29) is 0 Å². The molecule has 0 spiro atoms. The van der Waals surface area contributed by atoms with Crippen molar-refractivity contribution >= 4 is 11.6 Å². The van der Waals surface area contributed by atoms with E-state index in [2.05, 4.69) is 25.1 Å². The standard InChI is InChI=1S/C10H14ClN2/c1-7(2)10-9(11)5-12-13(10)6-8-3-4-8/h7-8H,3-4,6H2,1-2H3. The lowest BCUT2D eigenvalue weighted by atomic mass is 10.1. The van der Waals surface area contributed by atoms with Gasteiger partial charge in [0.05, 0.1) is 10.7 Å². The summed E-state index contributed by atoms with van der Waals surface area (Å²) in [4.78, 5) is 0. The van der Waals surface area contributed by atoms with Crippen LogP contribution in [0.25, 0.3) is 0 Å². The number of aromatic nitrogens is 2. The highest BCUT2D eigenvalue weighted by atomic mass is 35.5. The normalized spacial score (nSPS) is 16.9. The molecule has 71 valence electrons. The van der Waals surface area contributed by atoms with E-state index in [1.54, 1.807) is 0 Å². The van der Waals surface area contributed by atoms with Gasteiger partial charge in [0.1, 0.15) is 6.20 Å². The van der Waals surface area contributed by atoms with Crippen LogP contribution in [0, 0.1) is 12.1 Å². The zero-order valence-electron chi connectivity index (χ0n) is 8.05. The summed E-state index contributed by atoms with van der Waals surface area (Å²) < 4.78 is 2.02. The Kier molecular flexibility index (Phi) is 2.33. The van der Waals surface area contributed by atoms with Crippen molar-refractivity contribution in [3.05, 3.63) is 16.9 Å². The van der Waals surface area contributed by atoms with Gasteiger partial charge in [-0.3, -0.25) is 4.68 Å². The van der Waals surface area contributed by atoms with Crippen LogP contribution in [0.1, 0.15) is 38.3 Å². The Balaban J connectivity index is 2.22. The molecule has 2 nitrogen and oxygen atoms in total. The summed E-state index contributed by atoms with van der Waals surface area (Å²) in [5, 5.41) is 4.87. The van der Waals surface area contributed by atoms with Crippen LogP contribution in [0.4, 0.5) is 0 Å². The lowest BCUT2D eigenvalue weighted by Gasteiger charge is -2.09. The molecule has 1 radical (unpaired) electrons. The van der Waals surface area contributed by atoms with E-state index < -0.39 is 0 Å². The Morgan fingerprint density at radius 1 is 1.62 bits per heavy atom. The van der Waals surface area contributed by atoms with Crippen LogP contribution in [0.2, 0.25) is 5.02 Å². The predicted octanol–water partition coefficient (Wildman–Crippen LogP) is 2.87. The molecule has 0 bridgehead atoms. The molecule has 1 aliphatic rings. The first-order valence-corrected chi connectivity index (χ1v) is 5.20. The van der Waals surface area contributed by atoms with Gasteiger partial charge in [-0.2, -0.15) is 5.10 Å². The molecule has 1 heterocycles. The van der Waals surface area contributed by atoms with Crippen molar-refractivity contribution in [1.29, 1.82) is 0 Å². The first-order chi connectivity index (χ1) is 6.18. The van der Waals surface area contributed by atoms with Gasteiger partial charge in [-0.1, -0.05) is 25.4 Å². The van der Waals surface area contributed by atoms with Crippen molar-refractivity contribution in [2.24, 2.45) is 5.92 Å². The minimum Gasteiger partial charge on any atom is -0.267 e. The zero-order valence-corrected chi connectivity index (χ0v) is 8.80. The molecule has 1 aromatic rings. The van der Waals surface area contributed by atoms with Crippen molar-refractivity contribution in [3.8, 4) is 0 Å². The molecule has 2 rings (SSSR count). The van der Waals surface area contributed by atoms with Crippen LogP contribution in [0.3, 0.4) is 0 Å². The van der Waals surface area contributed by atoms with E-state index in [0.29, 0.717) is 10.9 Å². The second-order valence-corrected chi connectivity index (χ2v) is 4.47. The molecule has 0 atom stereocenters. The minimum atomic E-state index is 0.435. The van der Waals surface area contributed by atoms with Gasteiger partial charge in [0.15, 0.2) is 0 Å². The molecule has 0 N–H and O–H groups in total. The first-order valence-electron chi connectivity index (χ1n) is 4.82. The summed E-state index contributed by atoms with van der Waals surface area (Å²) in [6, 6.07) is 0. The number of halogens is 1. The molecule has 1 aliphatic carbocycles. The smallest absolute Gasteiger partial charge is 0.133 e. The van der Waals surface area contributed by atoms with Crippen molar-refractivity contribution in [2.75, 3.05) is 0 Å². The predicted molar refractivity (Wildman–Crippen MR) is 52.9 cm³/mol. The van der Waals surface area contributed by atoms with Gasteiger partial charge in [0, 0.05) is 6.54 Å². The van der Waals surface area contributed by atoms with Crippen LogP contribution in [-0.2, 0) is 6.54 Å². The van der Waals surface area contributed by atoms with E-state index in [1.165, 1.54) is 12.8 Å². The fraction of sp³-hybridized carbons (Fsp3) is 0.700. The number of hydrogen-bond acceptors (Lipinski definition) is 1. The van der Waals surface area contributed by atoms with Crippen LogP contribution >= 0.6 is 11.6 Å². The van der Waals surface area contributed by atoms with Crippen molar-refractivity contribution in [3.63, 3.8) is 0 Å². The van der Waals surface area contributed by atoms with Crippen LogP contribution in [0.5, 0.6) is 0 Å². The highest BCUT2D eigenvalue weighted by molar-refractivity contribution is 6.31. The Morgan fingerprint density at radius 2 is 2.31 bits per heavy atom. The van der Waals surface area contributed by atoms with Gasteiger partial charge < -0.3 is 0 Å². The maximum absolute atomic E-state index is 6.00. The van der Waals surface area contributed by atoms with E-state index in [0.717, 1.165) is 18.2 Å². The first kappa shape index (κ1) is 9.07. The molecule has 3 heteroatoms. The summed E-state index contributed by atoms with van der Waals surface area (Å²) >= 11 is 6.00. The lowest BCUT2D eigenvalue weighted by molar-refractivity contribution is 0.526. The van der Waals surface area contributed by atoms with Crippen LogP contribution in [-0.4, -0.2) is 9.78 Å². The van der Waals surface area contributed by atoms with Gasteiger partial charge in [-0.15, -0.1) is 0 Å². The monoisotopic (exact) mass is 197 g/mol. The van der Waals surface area contributed by atoms with Crippen molar-refractivity contribution in [1.82, 2.24) is 9.78 Å². The summed E-state index contributed by atoms with van der Waals surface area (Å²) in [6.07, 6.45) is 5.51. The second kappa shape index (κ2) is 3.33. The van der Waals surface area contributed by atoms with Crippen molar-refractivity contribution in [2.45, 2.75) is 39.2 Å². The average Bonchev–Trinajstić information content (AvgIpc) is 2.76. The summed E-state index contributed by atoms with van der Waals surface area (Å²) in [5.74, 6) is 1.27. The number of hydrogen-bond donors (Lipinski definition) is 0. The minimum absolute atomic E-state index is 0.435. The number of nitrogens with zero attached hydrogens (tertiary/aromatic N) is 2. The molecule has 0 unspecified atom stereocenters. The summed E-state index contributed by atoms with van der Waals surface area (Å²) in [5.41, 5.74) is 1.13. The van der Waals surface area contributed by atoms with E-state index in [1.807, 2.05) is 4.68 Å². The number of rotatable bonds is 3. The van der Waals surface area contributed by atoms with E-state index >= 15 is 0 Å². The fourth-order valence-electron chi connectivity index (χ4n) is 1.56. The molecule has 0 aliphatic heterocycles. The molecule has 1 fully saturated rings. The molecular weight excluding hydrogens is 184 g/mol. The average molecular weight is 198 g/mol. The van der Waals surface area contributed by atoms with E-state index in [4.69, 9.17) is 11.6 Å².